The lowest BCUT2D eigenvalue weighted by Crippen LogP contribution is -2.16. The van der Waals surface area contributed by atoms with Crippen molar-refractivity contribution in [3.05, 3.63) is 58.6 Å². The maximum absolute atomic E-state index is 12.2. The van der Waals surface area contributed by atoms with Crippen LogP contribution in [-0.2, 0) is 16.0 Å². The van der Waals surface area contributed by atoms with Crippen LogP contribution in [0.4, 0.5) is 5.69 Å². The van der Waals surface area contributed by atoms with Crippen LogP contribution in [0.3, 0.4) is 0 Å². The Hall–Kier alpha value is -2.99. The SMILES string of the molecule is CCOc1cc(/C=C/C(=O)Nc2ccccc2CC(N)=O)cc(Cl)c1OC. The second-order valence-electron chi connectivity index (χ2n) is 5.59. The molecule has 2 amide bonds. The van der Waals surface area contributed by atoms with E-state index in [9.17, 15) is 9.59 Å². The number of primary amides is 1. The number of halogens is 1. The molecule has 0 aliphatic heterocycles. The molecule has 0 aliphatic carbocycles. The van der Waals surface area contributed by atoms with Gasteiger partial charge in [-0.2, -0.15) is 0 Å². The third-order valence-corrected chi connectivity index (χ3v) is 3.88. The highest BCUT2D eigenvalue weighted by molar-refractivity contribution is 6.32. The molecule has 6 nitrogen and oxygen atoms in total. The minimum atomic E-state index is -0.469. The molecule has 0 aromatic heterocycles. The maximum Gasteiger partial charge on any atom is 0.248 e. The van der Waals surface area contributed by atoms with Crippen molar-refractivity contribution in [2.24, 2.45) is 5.73 Å². The van der Waals surface area contributed by atoms with E-state index in [0.717, 1.165) is 0 Å². The predicted molar refractivity (Wildman–Crippen MR) is 106 cm³/mol. The topological polar surface area (TPSA) is 90.6 Å². The largest absolute Gasteiger partial charge is 0.491 e. The molecule has 0 radical (unpaired) electrons. The van der Waals surface area contributed by atoms with Gasteiger partial charge >= 0.3 is 0 Å². The van der Waals surface area contributed by atoms with Crippen LogP contribution in [0.1, 0.15) is 18.1 Å². The standard InChI is InChI=1S/C20H21ClN2O4/c1-3-27-17-11-13(10-15(21)20(17)26-2)8-9-19(25)23-16-7-5-4-6-14(16)12-18(22)24/h4-11H,3,12H2,1-2H3,(H2,22,24)(H,23,25)/b9-8+. The Bertz CT molecular complexity index is 865. The monoisotopic (exact) mass is 388 g/mol. The van der Waals surface area contributed by atoms with Gasteiger partial charge in [0.1, 0.15) is 0 Å². The second kappa shape index (κ2) is 9.64. The summed E-state index contributed by atoms with van der Waals surface area (Å²) in [5, 5.41) is 3.13. The fourth-order valence-electron chi connectivity index (χ4n) is 2.48. The number of methoxy groups -OCH3 is 1. The zero-order chi connectivity index (χ0) is 19.8. The molecule has 0 aliphatic rings. The first kappa shape index (κ1) is 20.3. The number of nitrogens with one attached hydrogen (secondary N) is 1. The molecular weight excluding hydrogens is 368 g/mol. The van der Waals surface area contributed by atoms with Gasteiger partial charge in [-0.3, -0.25) is 9.59 Å². The number of rotatable bonds is 8. The van der Waals surface area contributed by atoms with Crippen LogP contribution < -0.4 is 20.5 Å². The highest BCUT2D eigenvalue weighted by Crippen LogP contribution is 2.36. The van der Waals surface area contributed by atoms with Gasteiger partial charge in [-0.1, -0.05) is 29.8 Å². The van der Waals surface area contributed by atoms with Crippen LogP contribution in [-0.4, -0.2) is 25.5 Å². The number of amides is 2. The van der Waals surface area contributed by atoms with Gasteiger partial charge in [-0.15, -0.1) is 0 Å². The molecule has 7 heteroatoms. The predicted octanol–water partition coefficient (Wildman–Crippen LogP) is 3.43. The third kappa shape index (κ3) is 5.76. The Morgan fingerprint density at radius 1 is 1.26 bits per heavy atom. The van der Waals surface area contributed by atoms with Crippen molar-refractivity contribution in [1.82, 2.24) is 0 Å². The summed E-state index contributed by atoms with van der Waals surface area (Å²) in [5.74, 6) is 0.125. The van der Waals surface area contributed by atoms with Crippen LogP contribution in [0, 0.1) is 0 Å². The zero-order valence-electron chi connectivity index (χ0n) is 15.1. The number of carbonyl (C=O) groups is 2. The van der Waals surface area contributed by atoms with Gasteiger partial charge in [-0.25, -0.2) is 0 Å². The molecule has 0 fully saturated rings. The summed E-state index contributed by atoms with van der Waals surface area (Å²) < 4.78 is 10.8. The number of carbonyl (C=O) groups excluding carboxylic acids is 2. The second-order valence-corrected chi connectivity index (χ2v) is 6.00. The maximum atomic E-state index is 12.2. The first-order chi connectivity index (χ1) is 12.9. The molecule has 0 saturated carbocycles. The zero-order valence-corrected chi connectivity index (χ0v) is 15.9. The number of nitrogens with two attached hydrogens (primary N) is 1. The quantitative estimate of drug-likeness (QED) is 0.678. The van der Waals surface area contributed by atoms with Crippen molar-refractivity contribution in [3.63, 3.8) is 0 Å². The van der Waals surface area contributed by atoms with Gasteiger partial charge in [-0.05, 0) is 42.3 Å². The van der Waals surface area contributed by atoms with Gasteiger partial charge < -0.3 is 20.5 Å². The fraction of sp³-hybridized carbons (Fsp3) is 0.200. The first-order valence-corrected chi connectivity index (χ1v) is 8.68. The van der Waals surface area contributed by atoms with E-state index in [2.05, 4.69) is 5.32 Å². The minimum absolute atomic E-state index is 0.0476. The van der Waals surface area contributed by atoms with E-state index in [1.807, 2.05) is 6.92 Å². The van der Waals surface area contributed by atoms with Gasteiger partial charge in [0, 0.05) is 11.8 Å². The lowest BCUT2D eigenvalue weighted by atomic mass is 10.1. The van der Waals surface area contributed by atoms with Gasteiger partial charge in [0.25, 0.3) is 0 Å². The number of hydrogen-bond donors (Lipinski definition) is 2. The van der Waals surface area contributed by atoms with Crippen molar-refractivity contribution >= 4 is 35.2 Å². The van der Waals surface area contributed by atoms with Crippen LogP contribution in [0.15, 0.2) is 42.5 Å². The molecule has 0 saturated heterocycles. The number of para-hydroxylation sites is 1. The molecule has 27 heavy (non-hydrogen) atoms. The first-order valence-electron chi connectivity index (χ1n) is 8.30. The highest BCUT2D eigenvalue weighted by atomic mass is 35.5. The summed E-state index contributed by atoms with van der Waals surface area (Å²) in [6.07, 6.45) is 3.03. The van der Waals surface area contributed by atoms with Crippen LogP contribution in [0.2, 0.25) is 5.02 Å². The molecule has 3 N–H and O–H groups in total. The Balaban J connectivity index is 2.17. The van der Waals surface area contributed by atoms with Crippen molar-refractivity contribution in [3.8, 4) is 11.5 Å². The number of hydrogen-bond acceptors (Lipinski definition) is 4. The molecule has 0 heterocycles. The number of anilines is 1. The molecule has 0 spiro atoms. The Labute approximate surface area is 162 Å². The summed E-state index contributed by atoms with van der Waals surface area (Å²) in [7, 11) is 1.51. The molecule has 0 bridgehead atoms. The van der Waals surface area contributed by atoms with Gasteiger partial charge in [0.05, 0.1) is 25.2 Å². The Kier molecular flexibility index (Phi) is 7.25. The lowest BCUT2D eigenvalue weighted by molar-refractivity contribution is -0.117. The number of benzene rings is 2. The van der Waals surface area contributed by atoms with E-state index >= 15 is 0 Å². The normalized spacial score (nSPS) is 10.6. The van der Waals surface area contributed by atoms with E-state index in [0.29, 0.717) is 39.9 Å². The minimum Gasteiger partial charge on any atom is -0.491 e. The molecule has 2 aromatic carbocycles. The average molecular weight is 389 g/mol. The third-order valence-electron chi connectivity index (χ3n) is 3.60. The molecule has 142 valence electrons. The van der Waals surface area contributed by atoms with Crippen molar-refractivity contribution in [2.75, 3.05) is 19.0 Å². The van der Waals surface area contributed by atoms with Crippen LogP contribution in [0.5, 0.6) is 11.5 Å². The average Bonchev–Trinajstić information content (AvgIpc) is 2.61. The molecule has 0 atom stereocenters. The molecule has 0 unspecified atom stereocenters. The number of ether oxygens (including phenoxy) is 2. The lowest BCUT2D eigenvalue weighted by Gasteiger charge is -2.12. The van der Waals surface area contributed by atoms with Crippen LogP contribution >= 0.6 is 11.6 Å². The highest BCUT2D eigenvalue weighted by Gasteiger charge is 2.11. The summed E-state index contributed by atoms with van der Waals surface area (Å²) in [6, 6.07) is 10.4. The summed E-state index contributed by atoms with van der Waals surface area (Å²) in [5.41, 5.74) is 7.11. The van der Waals surface area contributed by atoms with E-state index in [-0.39, 0.29) is 12.3 Å². The summed E-state index contributed by atoms with van der Waals surface area (Å²) in [6.45, 7) is 2.31. The molecule has 2 aromatic rings. The molecular formula is C20H21ClN2O4. The van der Waals surface area contributed by atoms with E-state index in [1.54, 1.807) is 42.5 Å². The fourth-order valence-corrected chi connectivity index (χ4v) is 2.77. The van der Waals surface area contributed by atoms with E-state index in [1.165, 1.54) is 13.2 Å². The van der Waals surface area contributed by atoms with Crippen LogP contribution in [0.25, 0.3) is 6.08 Å². The molecule has 2 rings (SSSR count). The Morgan fingerprint density at radius 2 is 2.00 bits per heavy atom. The summed E-state index contributed by atoms with van der Waals surface area (Å²) >= 11 is 6.20. The van der Waals surface area contributed by atoms with Gasteiger partial charge in [0.2, 0.25) is 11.8 Å². The smallest absolute Gasteiger partial charge is 0.248 e. The van der Waals surface area contributed by atoms with Crippen molar-refractivity contribution < 1.29 is 19.1 Å². The van der Waals surface area contributed by atoms with E-state index < -0.39 is 5.91 Å². The van der Waals surface area contributed by atoms with E-state index in [4.69, 9.17) is 26.8 Å². The Morgan fingerprint density at radius 3 is 2.67 bits per heavy atom. The summed E-state index contributed by atoms with van der Waals surface area (Å²) in [4.78, 5) is 23.4. The van der Waals surface area contributed by atoms with Crippen molar-refractivity contribution in [2.45, 2.75) is 13.3 Å². The van der Waals surface area contributed by atoms with Crippen molar-refractivity contribution in [1.29, 1.82) is 0 Å². The van der Waals surface area contributed by atoms with Gasteiger partial charge in [0.15, 0.2) is 11.5 Å².